The number of carbonyl (C=O) groups is 1. The molecule has 0 unspecified atom stereocenters. The molecule has 15 heavy (non-hydrogen) atoms. The van der Waals surface area contributed by atoms with Gasteiger partial charge in [0.1, 0.15) is 6.61 Å². The van der Waals surface area contributed by atoms with Gasteiger partial charge in [-0.25, -0.2) is 0 Å². The SMILES string of the molecule is CCOCC(=O)Nc1cccc(C)c1C. The summed E-state index contributed by atoms with van der Waals surface area (Å²) in [5, 5.41) is 2.82. The fourth-order valence-electron chi connectivity index (χ4n) is 1.27. The molecule has 0 aliphatic rings. The average Bonchev–Trinajstić information content (AvgIpc) is 2.22. The lowest BCUT2D eigenvalue weighted by molar-refractivity contribution is -0.120. The molecule has 0 heterocycles. The van der Waals surface area contributed by atoms with Crippen molar-refractivity contribution in [3.8, 4) is 0 Å². The van der Waals surface area contributed by atoms with Gasteiger partial charge >= 0.3 is 0 Å². The molecule has 1 rings (SSSR count). The maximum Gasteiger partial charge on any atom is 0.250 e. The minimum absolute atomic E-state index is 0.106. The zero-order valence-electron chi connectivity index (χ0n) is 9.46. The van der Waals surface area contributed by atoms with Crippen LogP contribution in [-0.2, 0) is 9.53 Å². The highest BCUT2D eigenvalue weighted by atomic mass is 16.5. The summed E-state index contributed by atoms with van der Waals surface area (Å²) in [7, 11) is 0. The molecule has 0 aliphatic carbocycles. The quantitative estimate of drug-likeness (QED) is 0.822. The van der Waals surface area contributed by atoms with Crippen molar-refractivity contribution in [2.45, 2.75) is 20.8 Å². The zero-order valence-corrected chi connectivity index (χ0v) is 9.46. The van der Waals surface area contributed by atoms with Gasteiger partial charge in [0.15, 0.2) is 0 Å². The Kier molecular flexibility index (Phi) is 4.31. The second-order valence-electron chi connectivity index (χ2n) is 3.43. The van der Waals surface area contributed by atoms with Crippen molar-refractivity contribution < 1.29 is 9.53 Å². The Labute approximate surface area is 90.4 Å². The van der Waals surface area contributed by atoms with Gasteiger partial charge in [0.2, 0.25) is 5.91 Å². The van der Waals surface area contributed by atoms with Gasteiger partial charge in [0.25, 0.3) is 0 Å². The third-order valence-corrected chi connectivity index (χ3v) is 2.32. The van der Waals surface area contributed by atoms with Crippen LogP contribution < -0.4 is 5.32 Å². The Hall–Kier alpha value is -1.35. The van der Waals surface area contributed by atoms with Crippen LogP contribution in [0.5, 0.6) is 0 Å². The molecule has 0 bridgehead atoms. The number of rotatable bonds is 4. The highest BCUT2D eigenvalue weighted by Gasteiger charge is 2.05. The molecule has 0 spiro atoms. The number of aryl methyl sites for hydroxylation is 1. The molecule has 0 saturated carbocycles. The minimum Gasteiger partial charge on any atom is -0.372 e. The van der Waals surface area contributed by atoms with E-state index in [1.165, 1.54) is 5.56 Å². The Morgan fingerprint density at radius 1 is 1.40 bits per heavy atom. The molecule has 0 saturated heterocycles. The number of amides is 1. The maximum atomic E-state index is 11.4. The summed E-state index contributed by atoms with van der Waals surface area (Å²) in [4.78, 5) is 11.4. The third kappa shape index (κ3) is 3.36. The van der Waals surface area contributed by atoms with E-state index >= 15 is 0 Å². The Morgan fingerprint density at radius 3 is 2.80 bits per heavy atom. The van der Waals surface area contributed by atoms with E-state index in [2.05, 4.69) is 5.32 Å². The third-order valence-electron chi connectivity index (χ3n) is 2.32. The molecule has 3 heteroatoms. The second kappa shape index (κ2) is 5.51. The normalized spacial score (nSPS) is 10.1. The molecule has 0 aliphatic heterocycles. The molecule has 0 atom stereocenters. The summed E-state index contributed by atoms with van der Waals surface area (Å²) in [6.07, 6.45) is 0. The van der Waals surface area contributed by atoms with Crippen LogP contribution in [0.25, 0.3) is 0 Å². The monoisotopic (exact) mass is 207 g/mol. The highest BCUT2D eigenvalue weighted by molar-refractivity contribution is 5.92. The number of ether oxygens (including phenoxy) is 1. The van der Waals surface area contributed by atoms with Crippen LogP contribution in [0.2, 0.25) is 0 Å². The molecule has 82 valence electrons. The van der Waals surface area contributed by atoms with E-state index in [1.807, 2.05) is 39.0 Å². The Bertz CT molecular complexity index is 347. The van der Waals surface area contributed by atoms with Gasteiger partial charge in [-0.1, -0.05) is 12.1 Å². The molecule has 0 aromatic heterocycles. The first-order chi connectivity index (χ1) is 7.15. The molecular formula is C12H17NO2. The van der Waals surface area contributed by atoms with Gasteiger partial charge in [-0.2, -0.15) is 0 Å². The molecular weight excluding hydrogens is 190 g/mol. The van der Waals surface area contributed by atoms with E-state index in [9.17, 15) is 4.79 Å². The number of hydrogen-bond acceptors (Lipinski definition) is 2. The predicted octanol–water partition coefficient (Wildman–Crippen LogP) is 2.28. The maximum absolute atomic E-state index is 11.4. The van der Waals surface area contributed by atoms with Gasteiger partial charge < -0.3 is 10.1 Å². The zero-order chi connectivity index (χ0) is 11.3. The summed E-state index contributed by atoms with van der Waals surface area (Å²) >= 11 is 0. The lowest BCUT2D eigenvalue weighted by Gasteiger charge is -2.09. The largest absolute Gasteiger partial charge is 0.372 e. The first-order valence-electron chi connectivity index (χ1n) is 5.09. The molecule has 1 N–H and O–H groups in total. The van der Waals surface area contributed by atoms with Crippen LogP contribution in [0, 0.1) is 13.8 Å². The van der Waals surface area contributed by atoms with Crippen molar-refractivity contribution in [1.82, 2.24) is 0 Å². The van der Waals surface area contributed by atoms with E-state index < -0.39 is 0 Å². The standard InChI is InChI=1S/C12H17NO2/c1-4-15-8-12(14)13-11-7-5-6-9(2)10(11)3/h5-7H,4,8H2,1-3H3,(H,13,14). The van der Waals surface area contributed by atoms with Crippen molar-refractivity contribution in [2.24, 2.45) is 0 Å². The van der Waals surface area contributed by atoms with E-state index in [4.69, 9.17) is 4.74 Å². The molecule has 1 amide bonds. The average molecular weight is 207 g/mol. The van der Waals surface area contributed by atoms with Gasteiger partial charge in [-0.05, 0) is 38.0 Å². The van der Waals surface area contributed by atoms with Gasteiger partial charge in [-0.3, -0.25) is 4.79 Å². The highest BCUT2D eigenvalue weighted by Crippen LogP contribution is 2.17. The number of nitrogens with one attached hydrogen (secondary N) is 1. The van der Waals surface area contributed by atoms with Crippen LogP contribution in [0.15, 0.2) is 18.2 Å². The second-order valence-corrected chi connectivity index (χ2v) is 3.43. The molecule has 0 radical (unpaired) electrons. The van der Waals surface area contributed by atoms with Crippen molar-refractivity contribution in [3.05, 3.63) is 29.3 Å². The fraction of sp³-hybridized carbons (Fsp3) is 0.417. The van der Waals surface area contributed by atoms with Crippen molar-refractivity contribution in [1.29, 1.82) is 0 Å². The van der Waals surface area contributed by atoms with E-state index in [0.717, 1.165) is 11.3 Å². The van der Waals surface area contributed by atoms with Crippen LogP contribution in [0.1, 0.15) is 18.1 Å². The summed E-state index contributed by atoms with van der Waals surface area (Å²) < 4.78 is 5.03. The molecule has 1 aromatic carbocycles. The van der Waals surface area contributed by atoms with E-state index in [1.54, 1.807) is 0 Å². The van der Waals surface area contributed by atoms with Crippen LogP contribution >= 0.6 is 0 Å². The van der Waals surface area contributed by atoms with Crippen molar-refractivity contribution in [3.63, 3.8) is 0 Å². The topological polar surface area (TPSA) is 38.3 Å². The number of hydrogen-bond donors (Lipinski definition) is 1. The lowest BCUT2D eigenvalue weighted by atomic mass is 10.1. The van der Waals surface area contributed by atoms with Gasteiger partial charge in [-0.15, -0.1) is 0 Å². The van der Waals surface area contributed by atoms with E-state index in [-0.39, 0.29) is 12.5 Å². The predicted molar refractivity (Wildman–Crippen MR) is 61.0 cm³/mol. The van der Waals surface area contributed by atoms with Crippen molar-refractivity contribution >= 4 is 11.6 Å². The smallest absolute Gasteiger partial charge is 0.250 e. The summed E-state index contributed by atoms with van der Waals surface area (Å²) in [5.41, 5.74) is 3.13. The summed E-state index contributed by atoms with van der Waals surface area (Å²) in [6, 6.07) is 5.85. The first kappa shape index (κ1) is 11.7. The Morgan fingerprint density at radius 2 is 2.13 bits per heavy atom. The molecule has 0 fully saturated rings. The fourth-order valence-corrected chi connectivity index (χ4v) is 1.27. The lowest BCUT2D eigenvalue weighted by Crippen LogP contribution is -2.18. The van der Waals surface area contributed by atoms with Crippen LogP contribution in [-0.4, -0.2) is 19.1 Å². The van der Waals surface area contributed by atoms with Gasteiger partial charge in [0.05, 0.1) is 0 Å². The van der Waals surface area contributed by atoms with E-state index in [0.29, 0.717) is 6.61 Å². The van der Waals surface area contributed by atoms with Crippen LogP contribution in [0.4, 0.5) is 5.69 Å². The summed E-state index contributed by atoms with van der Waals surface area (Å²) in [6.45, 7) is 6.55. The minimum atomic E-state index is -0.106. The van der Waals surface area contributed by atoms with Crippen LogP contribution in [0.3, 0.4) is 0 Å². The molecule has 3 nitrogen and oxygen atoms in total. The van der Waals surface area contributed by atoms with Gasteiger partial charge in [0, 0.05) is 12.3 Å². The number of benzene rings is 1. The summed E-state index contributed by atoms with van der Waals surface area (Å²) in [5.74, 6) is -0.106. The molecule has 1 aromatic rings. The first-order valence-corrected chi connectivity index (χ1v) is 5.09. The van der Waals surface area contributed by atoms with Crippen molar-refractivity contribution in [2.75, 3.05) is 18.5 Å². The number of anilines is 1. The Balaban J connectivity index is 2.64. The number of carbonyl (C=O) groups excluding carboxylic acids is 1.